The zero-order valence-electron chi connectivity index (χ0n) is 19.7. The second-order valence-electron chi connectivity index (χ2n) is 9.90. The number of rotatable bonds is 6. The van der Waals surface area contributed by atoms with Crippen molar-refractivity contribution in [3.63, 3.8) is 0 Å². The molecule has 190 valence electrons. The quantitative estimate of drug-likeness (QED) is 0.562. The summed E-state index contributed by atoms with van der Waals surface area (Å²) in [6.07, 6.45) is -0.208. The molecule has 36 heavy (non-hydrogen) atoms. The lowest BCUT2D eigenvalue weighted by Gasteiger charge is -2.28. The van der Waals surface area contributed by atoms with Crippen LogP contribution in [-0.4, -0.2) is 65.8 Å². The molecule has 0 spiro atoms. The SMILES string of the molecule is COc1cccc2[nH]c(C(=O)N3C[C@@H]4CC(F)(F)C[C@@H]4[C@H]3C(=O)N[C@@H](C#N)C[C@@H]3CCNC3=O)cc12. The smallest absolute Gasteiger partial charge is 0.271 e. The first-order chi connectivity index (χ1) is 17.2. The van der Waals surface area contributed by atoms with E-state index in [1.165, 1.54) is 12.0 Å². The Labute approximate surface area is 206 Å². The molecule has 3 heterocycles. The summed E-state index contributed by atoms with van der Waals surface area (Å²) in [4.78, 5) is 43.3. The summed E-state index contributed by atoms with van der Waals surface area (Å²) < 4.78 is 33.9. The third-order valence-corrected chi connectivity index (χ3v) is 7.63. The zero-order valence-corrected chi connectivity index (χ0v) is 19.7. The minimum atomic E-state index is -2.91. The van der Waals surface area contributed by atoms with Crippen LogP contribution in [-0.2, 0) is 9.59 Å². The van der Waals surface area contributed by atoms with E-state index in [4.69, 9.17) is 4.74 Å². The summed E-state index contributed by atoms with van der Waals surface area (Å²) >= 11 is 0. The number of likely N-dealkylation sites (tertiary alicyclic amines) is 1. The van der Waals surface area contributed by atoms with Crippen LogP contribution in [0.25, 0.3) is 10.9 Å². The molecule has 5 rings (SSSR count). The summed E-state index contributed by atoms with van der Waals surface area (Å²) in [6.45, 7) is 0.528. The molecule has 1 aromatic carbocycles. The fourth-order valence-corrected chi connectivity index (χ4v) is 5.97. The highest BCUT2D eigenvalue weighted by molar-refractivity contribution is 6.02. The number of halogens is 2. The molecule has 1 saturated carbocycles. The Kier molecular flexibility index (Phi) is 6.06. The topological polar surface area (TPSA) is 127 Å². The molecule has 11 heteroatoms. The Morgan fingerprint density at radius 2 is 2.17 bits per heavy atom. The molecule has 3 amide bonds. The molecule has 0 unspecified atom stereocenters. The first-order valence-corrected chi connectivity index (χ1v) is 12.0. The van der Waals surface area contributed by atoms with Crippen molar-refractivity contribution in [3.05, 3.63) is 30.0 Å². The molecule has 2 aromatic rings. The van der Waals surface area contributed by atoms with Crippen molar-refractivity contribution in [1.29, 1.82) is 5.26 Å². The van der Waals surface area contributed by atoms with Gasteiger partial charge in [0.25, 0.3) is 5.91 Å². The Balaban J connectivity index is 1.40. The van der Waals surface area contributed by atoms with Gasteiger partial charge in [-0.3, -0.25) is 14.4 Å². The van der Waals surface area contributed by atoms with Gasteiger partial charge in [0, 0.05) is 42.8 Å². The van der Waals surface area contributed by atoms with Gasteiger partial charge in [-0.1, -0.05) is 6.07 Å². The molecule has 3 aliphatic rings. The lowest BCUT2D eigenvalue weighted by Crippen LogP contribution is -2.51. The molecule has 1 aromatic heterocycles. The Morgan fingerprint density at radius 3 is 2.86 bits per heavy atom. The maximum absolute atomic E-state index is 14.3. The number of aromatic amines is 1. The number of nitrogens with zero attached hydrogens (tertiary/aromatic N) is 2. The molecule has 2 saturated heterocycles. The van der Waals surface area contributed by atoms with Gasteiger partial charge in [-0.05, 0) is 42.9 Å². The van der Waals surface area contributed by atoms with E-state index in [1.54, 1.807) is 24.3 Å². The van der Waals surface area contributed by atoms with Crippen LogP contribution in [0.1, 0.15) is 36.2 Å². The molecular formula is C25H27F2N5O4. The number of methoxy groups -OCH3 is 1. The van der Waals surface area contributed by atoms with Crippen LogP contribution in [0.3, 0.4) is 0 Å². The first-order valence-electron chi connectivity index (χ1n) is 12.0. The molecule has 1 aliphatic carbocycles. The predicted octanol–water partition coefficient (Wildman–Crippen LogP) is 2.20. The van der Waals surface area contributed by atoms with Gasteiger partial charge in [-0.2, -0.15) is 5.26 Å². The van der Waals surface area contributed by atoms with E-state index >= 15 is 0 Å². The Bertz CT molecular complexity index is 1250. The highest BCUT2D eigenvalue weighted by atomic mass is 19.3. The minimum Gasteiger partial charge on any atom is -0.496 e. The van der Waals surface area contributed by atoms with Crippen LogP contribution in [0.15, 0.2) is 24.3 Å². The van der Waals surface area contributed by atoms with E-state index in [-0.39, 0.29) is 24.6 Å². The van der Waals surface area contributed by atoms with Crippen molar-refractivity contribution in [3.8, 4) is 11.8 Å². The minimum absolute atomic E-state index is 0.0198. The second-order valence-corrected chi connectivity index (χ2v) is 9.90. The molecule has 3 fully saturated rings. The summed E-state index contributed by atoms with van der Waals surface area (Å²) in [6, 6.07) is 6.84. The van der Waals surface area contributed by atoms with E-state index in [0.717, 1.165) is 0 Å². The fourth-order valence-electron chi connectivity index (χ4n) is 5.97. The number of carbonyl (C=O) groups is 3. The number of nitriles is 1. The van der Waals surface area contributed by atoms with Gasteiger partial charge in [0.05, 0.1) is 13.2 Å². The lowest BCUT2D eigenvalue weighted by atomic mass is 9.92. The van der Waals surface area contributed by atoms with Gasteiger partial charge in [0.1, 0.15) is 23.5 Å². The average molecular weight is 500 g/mol. The monoisotopic (exact) mass is 499 g/mol. The predicted molar refractivity (Wildman–Crippen MR) is 124 cm³/mol. The maximum atomic E-state index is 14.3. The van der Waals surface area contributed by atoms with E-state index in [0.29, 0.717) is 29.6 Å². The van der Waals surface area contributed by atoms with E-state index in [2.05, 4.69) is 15.6 Å². The number of aromatic nitrogens is 1. The van der Waals surface area contributed by atoms with Gasteiger partial charge >= 0.3 is 0 Å². The standard InChI is InChI=1S/C25H27F2N5O4/c1-36-20-4-2-3-18-16(20)8-19(31-18)24(35)32-12-14-9-25(26,27)10-17(14)21(32)23(34)30-15(11-28)7-13-5-6-29-22(13)33/h2-4,8,13-15,17,21,31H,5-7,9-10,12H2,1H3,(H,29,33)(H,30,34)/t13-,14-,15+,17-,21-/m0/s1. The maximum Gasteiger partial charge on any atom is 0.271 e. The zero-order chi connectivity index (χ0) is 25.6. The number of fused-ring (bicyclic) bond motifs is 2. The van der Waals surface area contributed by atoms with Crippen molar-refractivity contribution < 1.29 is 27.9 Å². The largest absolute Gasteiger partial charge is 0.496 e. The van der Waals surface area contributed by atoms with Crippen molar-refractivity contribution >= 4 is 28.6 Å². The average Bonchev–Trinajstić information content (AvgIpc) is 3.59. The van der Waals surface area contributed by atoms with E-state index in [9.17, 15) is 28.4 Å². The van der Waals surface area contributed by atoms with Crippen LogP contribution in [0.5, 0.6) is 5.75 Å². The number of nitrogens with one attached hydrogen (secondary N) is 3. The van der Waals surface area contributed by atoms with Gasteiger partial charge in [-0.25, -0.2) is 8.78 Å². The number of H-pyrrole nitrogens is 1. The van der Waals surface area contributed by atoms with Crippen LogP contribution >= 0.6 is 0 Å². The molecule has 2 aliphatic heterocycles. The second kappa shape index (κ2) is 9.08. The summed E-state index contributed by atoms with van der Waals surface area (Å²) in [5, 5.41) is 15.6. The number of hydrogen-bond donors (Lipinski definition) is 3. The Hall–Kier alpha value is -3.68. The molecular weight excluding hydrogens is 472 g/mol. The lowest BCUT2D eigenvalue weighted by molar-refractivity contribution is -0.127. The van der Waals surface area contributed by atoms with Gasteiger partial charge in [0.2, 0.25) is 17.7 Å². The summed E-state index contributed by atoms with van der Waals surface area (Å²) in [7, 11) is 1.52. The third-order valence-electron chi connectivity index (χ3n) is 7.63. The Morgan fingerprint density at radius 1 is 1.36 bits per heavy atom. The van der Waals surface area contributed by atoms with Crippen molar-refractivity contribution in [2.24, 2.45) is 17.8 Å². The van der Waals surface area contributed by atoms with Gasteiger partial charge in [0.15, 0.2) is 0 Å². The summed E-state index contributed by atoms with van der Waals surface area (Å²) in [5.74, 6) is -5.29. The fraction of sp³-hybridized carbons (Fsp3) is 0.520. The number of benzene rings is 1. The highest BCUT2D eigenvalue weighted by Gasteiger charge is 2.58. The van der Waals surface area contributed by atoms with Crippen molar-refractivity contribution in [2.45, 2.75) is 43.7 Å². The van der Waals surface area contributed by atoms with Crippen LogP contribution in [0, 0.1) is 29.1 Å². The molecule has 9 nitrogen and oxygen atoms in total. The molecule has 0 radical (unpaired) electrons. The van der Waals surface area contributed by atoms with Crippen LogP contribution in [0.2, 0.25) is 0 Å². The normalized spacial score (nSPS) is 27.4. The van der Waals surface area contributed by atoms with Crippen LogP contribution < -0.4 is 15.4 Å². The number of hydrogen-bond acceptors (Lipinski definition) is 5. The van der Waals surface area contributed by atoms with Gasteiger partial charge in [-0.15, -0.1) is 0 Å². The highest BCUT2D eigenvalue weighted by Crippen LogP contribution is 2.50. The number of amides is 3. The number of carbonyl (C=O) groups excluding carboxylic acids is 3. The summed E-state index contributed by atoms with van der Waals surface area (Å²) in [5.41, 5.74) is 0.891. The van der Waals surface area contributed by atoms with Crippen LogP contribution in [0.4, 0.5) is 8.78 Å². The molecule has 5 atom stereocenters. The number of alkyl halides is 2. The number of ether oxygens (including phenoxy) is 1. The van der Waals surface area contributed by atoms with Crippen molar-refractivity contribution in [1.82, 2.24) is 20.5 Å². The first kappa shape index (κ1) is 24.0. The third kappa shape index (κ3) is 4.25. The molecule has 0 bridgehead atoms. The van der Waals surface area contributed by atoms with E-state index in [1.807, 2.05) is 6.07 Å². The molecule has 3 N–H and O–H groups in total. The van der Waals surface area contributed by atoms with Gasteiger partial charge < -0.3 is 25.3 Å². The van der Waals surface area contributed by atoms with Crippen molar-refractivity contribution in [2.75, 3.05) is 20.2 Å². The van der Waals surface area contributed by atoms with E-state index < -0.39 is 60.4 Å².